The molecule has 1 aromatic carbocycles. The molecule has 4 nitrogen and oxygen atoms in total. The third-order valence-corrected chi connectivity index (χ3v) is 2.97. The molecule has 0 spiro atoms. The van der Waals surface area contributed by atoms with E-state index >= 15 is 0 Å². The van der Waals surface area contributed by atoms with Gasteiger partial charge < -0.3 is 9.84 Å². The van der Waals surface area contributed by atoms with E-state index in [1.165, 1.54) is 5.56 Å². The van der Waals surface area contributed by atoms with E-state index in [4.69, 9.17) is 4.52 Å². The minimum atomic E-state index is -0.0655. The number of aryl methyl sites for hydroxylation is 2. The molecule has 0 aliphatic rings. The quantitative estimate of drug-likeness (QED) is 0.917. The summed E-state index contributed by atoms with van der Waals surface area (Å²) >= 11 is 0. The monoisotopic (exact) mass is 258 g/mol. The highest BCUT2D eigenvalue weighted by Crippen LogP contribution is 2.13. The number of hydrogen-bond donors (Lipinski definition) is 1. The molecule has 2 rings (SSSR count). The van der Waals surface area contributed by atoms with Crippen LogP contribution in [0.15, 0.2) is 34.9 Å². The Kier molecular flexibility index (Phi) is 4.00. The summed E-state index contributed by atoms with van der Waals surface area (Å²) in [5.41, 5.74) is 3.08. The molecule has 1 heterocycles. The molecule has 1 amide bonds. The Morgan fingerprint density at radius 2 is 2.00 bits per heavy atom. The first kappa shape index (κ1) is 13.3. The lowest BCUT2D eigenvalue weighted by atomic mass is 10.1. The van der Waals surface area contributed by atoms with E-state index < -0.39 is 0 Å². The summed E-state index contributed by atoms with van der Waals surface area (Å²) in [7, 11) is 0. The average molecular weight is 258 g/mol. The Morgan fingerprint density at radius 3 is 2.58 bits per heavy atom. The van der Waals surface area contributed by atoms with Gasteiger partial charge in [0.05, 0.1) is 18.2 Å². The second-order valence-electron chi connectivity index (χ2n) is 4.81. The number of nitrogens with one attached hydrogen (secondary N) is 1. The Balaban J connectivity index is 1.93. The summed E-state index contributed by atoms with van der Waals surface area (Å²) in [6, 6.07) is 9.89. The van der Waals surface area contributed by atoms with E-state index in [0.29, 0.717) is 5.76 Å². The van der Waals surface area contributed by atoms with Crippen LogP contribution in [0.1, 0.15) is 35.5 Å². The van der Waals surface area contributed by atoms with Crippen LogP contribution in [0.4, 0.5) is 0 Å². The number of hydrogen-bond acceptors (Lipinski definition) is 3. The first-order chi connectivity index (χ1) is 9.04. The second-order valence-corrected chi connectivity index (χ2v) is 4.81. The maximum Gasteiger partial charge on any atom is 0.228 e. The van der Waals surface area contributed by atoms with Crippen molar-refractivity contribution in [1.29, 1.82) is 0 Å². The highest BCUT2D eigenvalue weighted by Gasteiger charge is 2.12. The molecule has 1 atom stereocenters. The van der Waals surface area contributed by atoms with Gasteiger partial charge in [-0.3, -0.25) is 4.79 Å². The molecular weight excluding hydrogens is 240 g/mol. The van der Waals surface area contributed by atoms with E-state index in [1.54, 1.807) is 6.07 Å². The van der Waals surface area contributed by atoms with Crippen molar-refractivity contribution in [2.24, 2.45) is 0 Å². The lowest BCUT2D eigenvalue weighted by molar-refractivity contribution is -0.121. The highest BCUT2D eigenvalue weighted by molar-refractivity contribution is 5.78. The number of carbonyl (C=O) groups is 1. The smallest absolute Gasteiger partial charge is 0.228 e. The Bertz CT molecular complexity index is 558. The molecule has 100 valence electrons. The van der Waals surface area contributed by atoms with Gasteiger partial charge in [0, 0.05) is 6.07 Å². The fourth-order valence-corrected chi connectivity index (χ4v) is 1.89. The van der Waals surface area contributed by atoms with Gasteiger partial charge in [-0.15, -0.1) is 0 Å². The molecule has 0 saturated carbocycles. The van der Waals surface area contributed by atoms with E-state index in [-0.39, 0.29) is 18.4 Å². The van der Waals surface area contributed by atoms with E-state index in [0.717, 1.165) is 11.3 Å². The van der Waals surface area contributed by atoms with Crippen LogP contribution in [0.5, 0.6) is 0 Å². The maximum atomic E-state index is 11.9. The summed E-state index contributed by atoms with van der Waals surface area (Å²) in [4.78, 5) is 11.9. The summed E-state index contributed by atoms with van der Waals surface area (Å²) < 4.78 is 5.03. The number of carbonyl (C=O) groups excluding carboxylic acids is 1. The Morgan fingerprint density at radius 1 is 1.32 bits per heavy atom. The zero-order valence-electron chi connectivity index (χ0n) is 11.4. The summed E-state index contributed by atoms with van der Waals surface area (Å²) in [6.07, 6.45) is 0.219. The Labute approximate surface area is 112 Å². The fraction of sp³-hybridized carbons (Fsp3) is 0.333. The van der Waals surface area contributed by atoms with Crippen LogP contribution in [0.2, 0.25) is 0 Å². The molecule has 0 bridgehead atoms. The van der Waals surface area contributed by atoms with E-state index in [9.17, 15) is 4.79 Å². The van der Waals surface area contributed by atoms with Crippen molar-refractivity contribution in [3.63, 3.8) is 0 Å². The van der Waals surface area contributed by atoms with Gasteiger partial charge in [0.2, 0.25) is 5.91 Å². The average Bonchev–Trinajstić information content (AvgIpc) is 2.75. The van der Waals surface area contributed by atoms with Crippen LogP contribution >= 0.6 is 0 Å². The number of nitrogens with zero attached hydrogens (tertiary/aromatic N) is 1. The topological polar surface area (TPSA) is 55.1 Å². The summed E-state index contributed by atoms with van der Waals surface area (Å²) in [5.74, 6) is 0.523. The SMILES string of the molecule is Cc1ccc(C(C)NC(=O)Cc2cc(C)no2)cc1. The minimum absolute atomic E-state index is 0.0166. The molecule has 0 fully saturated rings. The van der Waals surface area contributed by atoms with Crippen molar-refractivity contribution in [2.75, 3.05) is 0 Å². The van der Waals surface area contributed by atoms with Gasteiger partial charge in [-0.2, -0.15) is 0 Å². The zero-order valence-corrected chi connectivity index (χ0v) is 11.4. The molecular formula is C15H18N2O2. The molecule has 1 unspecified atom stereocenters. The Hall–Kier alpha value is -2.10. The van der Waals surface area contributed by atoms with Crippen molar-refractivity contribution in [3.8, 4) is 0 Å². The highest BCUT2D eigenvalue weighted by atomic mass is 16.5. The van der Waals surface area contributed by atoms with Crippen LogP contribution in [-0.4, -0.2) is 11.1 Å². The van der Waals surface area contributed by atoms with Crippen molar-refractivity contribution in [2.45, 2.75) is 33.2 Å². The van der Waals surface area contributed by atoms with E-state index in [1.807, 2.05) is 45.0 Å². The van der Waals surface area contributed by atoms with Crippen molar-refractivity contribution >= 4 is 5.91 Å². The van der Waals surface area contributed by atoms with Crippen molar-refractivity contribution in [3.05, 3.63) is 52.9 Å². The van der Waals surface area contributed by atoms with Gasteiger partial charge in [0.15, 0.2) is 0 Å². The number of aromatic nitrogens is 1. The van der Waals surface area contributed by atoms with Crippen LogP contribution in [0.3, 0.4) is 0 Å². The standard InChI is InChI=1S/C15H18N2O2/c1-10-4-6-13(7-5-10)12(3)16-15(18)9-14-8-11(2)17-19-14/h4-8,12H,9H2,1-3H3,(H,16,18). The predicted molar refractivity (Wildman–Crippen MR) is 72.7 cm³/mol. The van der Waals surface area contributed by atoms with Gasteiger partial charge in [0.25, 0.3) is 0 Å². The van der Waals surface area contributed by atoms with Gasteiger partial charge >= 0.3 is 0 Å². The van der Waals surface area contributed by atoms with Crippen LogP contribution in [0.25, 0.3) is 0 Å². The molecule has 19 heavy (non-hydrogen) atoms. The molecule has 4 heteroatoms. The number of benzene rings is 1. The van der Waals surface area contributed by atoms with Gasteiger partial charge in [-0.1, -0.05) is 35.0 Å². The molecule has 1 N–H and O–H groups in total. The predicted octanol–water partition coefficient (Wildman–Crippen LogP) is 2.71. The van der Waals surface area contributed by atoms with Crippen molar-refractivity contribution in [1.82, 2.24) is 10.5 Å². The molecule has 0 saturated heterocycles. The van der Waals surface area contributed by atoms with Gasteiger partial charge in [0.1, 0.15) is 5.76 Å². The fourth-order valence-electron chi connectivity index (χ4n) is 1.89. The van der Waals surface area contributed by atoms with Gasteiger partial charge in [-0.05, 0) is 26.3 Å². The zero-order chi connectivity index (χ0) is 13.8. The molecule has 0 radical (unpaired) electrons. The van der Waals surface area contributed by atoms with Crippen LogP contribution in [0, 0.1) is 13.8 Å². The minimum Gasteiger partial charge on any atom is -0.361 e. The first-order valence-electron chi connectivity index (χ1n) is 6.32. The third kappa shape index (κ3) is 3.68. The normalized spacial score (nSPS) is 12.2. The van der Waals surface area contributed by atoms with E-state index in [2.05, 4.69) is 10.5 Å². The first-order valence-corrected chi connectivity index (χ1v) is 6.32. The largest absolute Gasteiger partial charge is 0.361 e. The summed E-state index contributed by atoms with van der Waals surface area (Å²) in [5, 5.41) is 6.71. The maximum absolute atomic E-state index is 11.9. The number of amides is 1. The number of rotatable bonds is 4. The second kappa shape index (κ2) is 5.69. The summed E-state index contributed by atoms with van der Waals surface area (Å²) in [6.45, 7) is 5.84. The van der Waals surface area contributed by atoms with Crippen molar-refractivity contribution < 1.29 is 9.32 Å². The lowest BCUT2D eigenvalue weighted by Crippen LogP contribution is -2.27. The van der Waals surface area contributed by atoms with Gasteiger partial charge in [-0.25, -0.2) is 0 Å². The van der Waals surface area contributed by atoms with Crippen LogP contribution in [-0.2, 0) is 11.2 Å². The van der Waals surface area contributed by atoms with Crippen LogP contribution < -0.4 is 5.32 Å². The third-order valence-electron chi connectivity index (χ3n) is 2.97. The molecule has 0 aliphatic carbocycles. The lowest BCUT2D eigenvalue weighted by Gasteiger charge is -2.14. The molecule has 0 aliphatic heterocycles. The molecule has 1 aromatic heterocycles. The molecule has 2 aromatic rings.